The molecule has 1 aliphatic heterocycles. The number of imidazole rings is 1. The number of fused-ring (bicyclic) bond motifs is 3. The zero-order valence-corrected chi connectivity index (χ0v) is 17.2. The number of nitrogens with zero attached hydrogens (tertiary/aromatic N) is 7. The molecule has 0 bridgehead atoms. The van der Waals surface area contributed by atoms with Crippen LogP contribution in [0.15, 0.2) is 61.3 Å². The van der Waals surface area contributed by atoms with Crippen LogP contribution in [0.25, 0.3) is 39.5 Å². The minimum absolute atomic E-state index is 0.411. The Morgan fingerprint density at radius 2 is 1.67 bits per heavy atom. The molecule has 6 rings (SSSR count). The molecule has 5 aromatic rings. The molecule has 33 heavy (non-hydrogen) atoms. The number of pyridine rings is 1. The molecule has 0 radical (unpaired) electrons. The van der Waals surface area contributed by atoms with Gasteiger partial charge in [-0.2, -0.15) is 0 Å². The number of ether oxygens (including phenoxy) is 1. The summed E-state index contributed by atoms with van der Waals surface area (Å²) >= 11 is 0. The third-order valence-corrected chi connectivity index (χ3v) is 5.87. The second-order valence-corrected chi connectivity index (χ2v) is 7.81. The molecule has 11 heteroatoms. The van der Waals surface area contributed by atoms with Crippen molar-refractivity contribution in [3.05, 3.63) is 61.3 Å². The number of benzene rings is 1. The van der Waals surface area contributed by atoms with Crippen LogP contribution in [0, 0.1) is 0 Å². The van der Waals surface area contributed by atoms with Crippen molar-refractivity contribution in [3.63, 3.8) is 0 Å². The number of aliphatic hydroxyl groups is 3. The van der Waals surface area contributed by atoms with Crippen molar-refractivity contribution in [2.24, 2.45) is 0 Å². The van der Waals surface area contributed by atoms with E-state index in [1.165, 1.54) is 10.9 Å². The summed E-state index contributed by atoms with van der Waals surface area (Å²) in [4.78, 5) is 13.3. The largest absolute Gasteiger partial charge is 0.394 e. The van der Waals surface area contributed by atoms with Crippen LogP contribution in [-0.2, 0) is 4.74 Å². The molecule has 1 aliphatic rings. The lowest BCUT2D eigenvalue weighted by atomic mass is 10.1. The second kappa shape index (κ2) is 7.67. The van der Waals surface area contributed by atoms with Crippen LogP contribution in [0.3, 0.4) is 0 Å². The van der Waals surface area contributed by atoms with Gasteiger partial charge in [0.05, 0.1) is 18.6 Å². The standard InChI is InChI=1S/C22H19N7O4/c30-9-15-17(31)18(32)22(33-15)29-10-24-16-20(29)25-11-28-19(26-27-21(16)28)13-6-4-12(5-7-13)14-3-1-2-8-23-14/h1-8,10-11,15,17-18,22,30-32H,9H2/t15-,17+,18+,22-/m1/s1. The number of aromatic nitrogens is 7. The Kier molecular flexibility index (Phi) is 4.62. The fraction of sp³-hybridized carbons (Fsp3) is 0.227. The van der Waals surface area contributed by atoms with Crippen LogP contribution < -0.4 is 0 Å². The molecule has 1 aromatic carbocycles. The summed E-state index contributed by atoms with van der Waals surface area (Å²) in [5, 5.41) is 38.4. The summed E-state index contributed by atoms with van der Waals surface area (Å²) in [5.41, 5.74) is 4.11. The highest BCUT2D eigenvalue weighted by Gasteiger charge is 2.44. The van der Waals surface area contributed by atoms with Crippen LogP contribution >= 0.6 is 0 Å². The van der Waals surface area contributed by atoms with E-state index in [1.807, 2.05) is 42.5 Å². The zero-order valence-electron chi connectivity index (χ0n) is 17.2. The highest BCUT2D eigenvalue weighted by atomic mass is 16.6. The van der Waals surface area contributed by atoms with Gasteiger partial charge in [0.2, 0.25) is 0 Å². The zero-order chi connectivity index (χ0) is 22.5. The van der Waals surface area contributed by atoms with Crippen molar-refractivity contribution in [3.8, 4) is 22.6 Å². The first-order chi connectivity index (χ1) is 16.2. The first-order valence-electron chi connectivity index (χ1n) is 10.4. The Labute approximate surface area is 186 Å². The number of aliphatic hydroxyl groups excluding tert-OH is 3. The lowest BCUT2D eigenvalue weighted by molar-refractivity contribution is -0.0511. The second-order valence-electron chi connectivity index (χ2n) is 7.81. The van der Waals surface area contributed by atoms with Crippen molar-refractivity contribution < 1.29 is 20.1 Å². The van der Waals surface area contributed by atoms with Gasteiger partial charge in [-0.05, 0) is 12.1 Å². The highest BCUT2D eigenvalue weighted by molar-refractivity contribution is 5.86. The van der Waals surface area contributed by atoms with Gasteiger partial charge in [-0.3, -0.25) is 14.0 Å². The first kappa shape index (κ1) is 19.9. The molecule has 0 spiro atoms. The summed E-state index contributed by atoms with van der Waals surface area (Å²) < 4.78 is 8.87. The maximum atomic E-state index is 10.4. The summed E-state index contributed by atoms with van der Waals surface area (Å²) in [6, 6.07) is 13.6. The Morgan fingerprint density at radius 3 is 2.39 bits per heavy atom. The predicted octanol–water partition coefficient (Wildman–Crippen LogP) is 0.814. The van der Waals surface area contributed by atoms with E-state index in [0.717, 1.165) is 16.8 Å². The molecular weight excluding hydrogens is 426 g/mol. The van der Waals surface area contributed by atoms with Crippen LogP contribution in [0.4, 0.5) is 0 Å². The van der Waals surface area contributed by atoms with Crippen LogP contribution in [0.5, 0.6) is 0 Å². The van der Waals surface area contributed by atoms with E-state index in [4.69, 9.17) is 4.74 Å². The number of hydrogen-bond acceptors (Lipinski definition) is 9. The molecule has 11 nitrogen and oxygen atoms in total. The molecule has 0 saturated carbocycles. The van der Waals surface area contributed by atoms with Gasteiger partial charge >= 0.3 is 0 Å². The minimum Gasteiger partial charge on any atom is -0.394 e. The SMILES string of the molecule is OC[C@H]1O[C@@H](n2cnc3c2ncn2c(-c4ccc(-c5ccccn5)cc4)nnc32)[C@@H](O)[C@H]1O. The van der Waals surface area contributed by atoms with Crippen molar-refractivity contribution in [2.75, 3.05) is 6.61 Å². The fourth-order valence-corrected chi connectivity index (χ4v) is 4.13. The van der Waals surface area contributed by atoms with Gasteiger partial charge in [-0.1, -0.05) is 30.3 Å². The van der Waals surface area contributed by atoms with E-state index in [2.05, 4.69) is 25.1 Å². The average molecular weight is 445 g/mol. The van der Waals surface area contributed by atoms with Gasteiger partial charge in [-0.25, -0.2) is 9.97 Å². The molecule has 4 atom stereocenters. The Bertz CT molecular complexity index is 1430. The Hall–Kier alpha value is -3.77. The van der Waals surface area contributed by atoms with E-state index in [1.54, 1.807) is 16.9 Å². The van der Waals surface area contributed by atoms with Crippen LogP contribution in [0.2, 0.25) is 0 Å². The number of hydrogen-bond donors (Lipinski definition) is 3. The molecule has 1 fully saturated rings. The Morgan fingerprint density at radius 1 is 0.848 bits per heavy atom. The van der Waals surface area contributed by atoms with Gasteiger partial charge < -0.3 is 20.1 Å². The van der Waals surface area contributed by atoms with Crippen molar-refractivity contribution in [1.29, 1.82) is 0 Å². The molecule has 3 N–H and O–H groups in total. The molecule has 0 unspecified atom stereocenters. The van der Waals surface area contributed by atoms with Crippen molar-refractivity contribution in [1.82, 2.24) is 34.1 Å². The lowest BCUT2D eigenvalue weighted by Gasteiger charge is -2.16. The van der Waals surface area contributed by atoms with Crippen LogP contribution in [0.1, 0.15) is 6.23 Å². The molecule has 5 heterocycles. The normalized spacial score (nSPS) is 23.0. The van der Waals surface area contributed by atoms with Gasteiger partial charge in [0.15, 0.2) is 28.9 Å². The molecule has 1 saturated heterocycles. The Balaban J connectivity index is 1.38. The van der Waals surface area contributed by atoms with Gasteiger partial charge in [-0.15, -0.1) is 10.2 Å². The minimum atomic E-state index is -1.23. The quantitative estimate of drug-likeness (QED) is 0.366. The molecule has 4 aromatic heterocycles. The topological polar surface area (TPSA) is 144 Å². The number of rotatable bonds is 4. The molecule has 166 valence electrons. The lowest BCUT2D eigenvalue weighted by Crippen LogP contribution is -2.33. The summed E-state index contributed by atoms with van der Waals surface area (Å²) in [6.07, 6.45) is 0.538. The first-order valence-corrected chi connectivity index (χ1v) is 10.4. The van der Waals surface area contributed by atoms with Crippen molar-refractivity contribution >= 4 is 16.8 Å². The maximum Gasteiger partial charge on any atom is 0.192 e. The summed E-state index contributed by atoms with van der Waals surface area (Å²) in [5.74, 6) is 0.606. The van der Waals surface area contributed by atoms with E-state index < -0.39 is 31.1 Å². The highest BCUT2D eigenvalue weighted by Crippen LogP contribution is 2.32. The maximum absolute atomic E-state index is 10.4. The summed E-state index contributed by atoms with van der Waals surface area (Å²) in [7, 11) is 0. The van der Waals surface area contributed by atoms with E-state index in [0.29, 0.717) is 22.6 Å². The average Bonchev–Trinajstić information content (AvgIpc) is 3.55. The van der Waals surface area contributed by atoms with Gasteiger partial charge in [0, 0.05) is 17.3 Å². The molecular formula is C22H19N7O4. The fourth-order valence-electron chi connectivity index (χ4n) is 4.13. The van der Waals surface area contributed by atoms with E-state index in [9.17, 15) is 15.3 Å². The smallest absolute Gasteiger partial charge is 0.192 e. The van der Waals surface area contributed by atoms with E-state index >= 15 is 0 Å². The van der Waals surface area contributed by atoms with Crippen molar-refractivity contribution in [2.45, 2.75) is 24.5 Å². The van der Waals surface area contributed by atoms with Gasteiger partial charge in [0.25, 0.3) is 0 Å². The third-order valence-electron chi connectivity index (χ3n) is 5.87. The predicted molar refractivity (Wildman–Crippen MR) is 116 cm³/mol. The third kappa shape index (κ3) is 3.09. The van der Waals surface area contributed by atoms with Gasteiger partial charge in [0.1, 0.15) is 24.6 Å². The van der Waals surface area contributed by atoms with Crippen LogP contribution in [-0.4, -0.2) is 74.4 Å². The molecule has 0 aliphatic carbocycles. The summed E-state index contributed by atoms with van der Waals surface area (Å²) in [6.45, 7) is -0.411. The molecule has 0 amide bonds. The monoisotopic (exact) mass is 445 g/mol. The van der Waals surface area contributed by atoms with E-state index in [-0.39, 0.29) is 0 Å².